The summed E-state index contributed by atoms with van der Waals surface area (Å²) < 4.78 is 1.63. The molecule has 5 heteroatoms. The number of nitrogens with zero attached hydrogens (tertiary/aromatic N) is 4. The van der Waals surface area contributed by atoms with Crippen molar-refractivity contribution in [2.45, 2.75) is 6.42 Å². The van der Waals surface area contributed by atoms with Crippen LogP contribution >= 0.6 is 0 Å². The van der Waals surface area contributed by atoms with E-state index in [0.717, 1.165) is 39.1 Å². The van der Waals surface area contributed by atoms with E-state index >= 15 is 0 Å². The number of carbonyl (C=O) groups is 1. The van der Waals surface area contributed by atoms with Gasteiger partial charge in [0.2, 0.25) is 0 Å². The SMILES string of the molecule is C=CCN1CCCN(C(=O)c2ccnn2C)CC1. The van der Waals surface area contributed by atoms with E-state index in [1.165, 1.54) is 0 Å². The average molecular weight is 248 g/mol. The zero-order chi connectivity index (χ0) is 13.0. The maximum Gasteiger partial charge on any atom is 0.272 e. The summed E-state index contributed by atoms with van der Waals surface area (Å²) in [5.74, 6) is 0.0791. The summed E-state index contributed by atoms with van der Waals surface area (Å²) >= 11 is 0. The summed E-state index contributed by atoms with van der Waals surface area (Å²) in [5, 5.41) is 4.05. The van der Waals surface area contributed by atoms with E-state index in [9.17, 15) is 4.79 Å². The van der Waals surface area contributed by atoms with Crippen molar-refractivity contribution in [2.75, 3.05) is 32.7 Å². The van der Waals surface area contributed by atoms with Crippen LogP contribution in [0.2, 0.25) is 0 Å². The first kappa shape index (κ1) is 12.8. The predicted molar refractivity (Wildman–Crippen MR) is 70.4 cm³/mol. The van der Waals surface area contributed by atoms with Gasteiger partial charge in [0.1, 0.15) is 5.69 Å². The molecular weight excluding hydrogens is 228 g/mol. The molecule has 0 bridgehead atoms. The van der Waals surface area contributed by atoms with Gasteiger partial charge in [0.15, 0.2) is 0 Å². The summed E-state index contributed by atoms with van der Waals surface area (Å²) in [7, 11) is 1.80. The minimum atomic E-state index is 0.0791. The van der Waals surface area contributed by atoms with Crippen LogP contribution in [0.5, 0.6) is 0 Å². The fourth-order valence-electron chi connectivity index (χ4n) is 2.28. The highest BCUT2D eigenvalue weighted by Crippen LogP contribution is 2.08. The number of hydrogen-bond donors (Lipinski definition) is 0. The summed E-state index contributed by atoms with van der Waals surface area (Å²) in [4.78, 5) is 16.6. The Labute approximate surface area is 108 Å². The molecule has 0 radical (unpaired) electrons. The number of rotatable bonds is 3. The zero-order valence-electron chi connectivity index (χ0n) is 10.9. The van der Waals surface area contributed by atoms with Crippen LogP contribution in [-0.2, 0) is 7.05 Å². The standard InChI is InChI=1S/C13H20N4O/c1-3-7-16-8-4-9-17(11-10-16)13(18)12-5-6-14-15(12)2/h3,5-6H,1,4,7-11H2,2H3. The lowest BCUT2D eigenvalue weighted by Gasteiger charge is -2.21. The quantitative estimate of drug-likeness (QED) is 0.741. The second kappa shape index (κ2) is 5.82. The molecule has 2 rings (SSSR count). The first-order valence-corrected chi connectivity index (χ1v) is 6.33. The third-order valence-corrected chi connectivity index (χ3v) is 3.30. The molecule has 0 unspecified atom stereocenters. The molecule has 1 aromatic rings. The summed E-state index contributed by atoms with van der Waals surface area (Å²) in [6, 6.07) is 1.77. The molecule has 1 fully saturated rings. The van der Waals surface area contributed by atoms with Gasteiger partial charge in [-0.25, -0.2) is 0 Å². The first-order chi connectivity index (χ1) is 8.72. The molecule has 2 heterocycles. The van der Waals surface area contributed by atoms with E-state index in [1.54, 1.807) is 24.0 Å². The van der Waals surface area contributed by atoms with Gasteiger partial charge in [0, 0.05) is 46.0 Å². The fourth-order valence-corrected chi connectivity index (χ4v) is 2.28. The van der Waals surface area contributed by atoms with Crippen LogP contribution in [0.4, 0.5) is 0 Å². The smallest absolute Gasteiger partial charge is 0.272 e. The zero-order valence-corrected chi connectivity index (χ0v) is 10.9. The largest absolute Gasteiger partial charge is 0.336 e. The van der Waals surface area contributed by atoms with Crippen molar-refractivity contribution >= 4 is 5.91 Å². The first-order valence-electron chi connectivity index (χ1n) is 6.33. The Morgan fingerprint density at radius 2 is 2.28 bits per heavy atom. The van der Waals surface area contributed by atoms with Gasteiger partial charge in [-0.3, -0.25) is 14.4 Å². The van der Waals surface area contributed by atoms with E-state index in [4.69, 9.17) is 0 Å². The van der Waals surface area contributed by atoms with Crippen LogP contribution in [-0.4, -0.2) is 58.2 Å². The second-order valence-electron chi connectivity index (χ2n) is 4.58. The van der Waals surface area contributed by atoms with Crippen LogP contribution in [0.3, 0.4) is 0 Å². The lowest BCUT2D eigenvalue weighted by atomic mass is 10.3. The summed E-state index contributed by atoms with van der Waals surface area (Å²) in [5.41, 5.74) is 0.659. The van der Waals surface area contributed by atoms with E-state index in [-0.39, 0.29) is 5.91 Å². The highest BCUT2D eigenvalue weighted by molar-refractivity contribution is 5.92. The fraction of sp³-hybridized carbons (Fsp3) is 0.538. The van der Waals surface area contributed by atoms with Crippen LogP contribution < -0.4 is 0 Å². The number of amides is 1. The molecule has 5 nitrogen and oxygen atoms in total. The predicted octanol–water partition coefficient (Wildman–Crippen LogP) is 0.754. The molecule has 0 atom stereocenters. The van der Waals surface area contributed by atoms with Crippen molar-refractivity contribution in [2.24, 2.45) is 7.05 Å². The van der Waals surface area contributed by atoms with Crippen LogP contribution in [0.25, 0.3) is 0 Å². The monoisotopic (exact) mass is 248 g/mol. The number of aryl methyl sites for hydroxylation is 1. The summed E-state index contributed by atoms with van der Waals surface area (Å²) in [6.45, 7) is 8.19. The van der Waals surface area contributed by atoms with Gasteiger partial charge in [-0.1, -0.05) is 6.08 Å². The molecule has 1 aromatic heterocycles. The van der Waals surface area contributed by atoms with Crippen molar-refractivity contribution < 1.29 is 4.79 Å². The third kappa shape index (κ3) is 2.79. The van der Waals surface area contributed by atoms with Gasteiger partial charge in [-0.15, -0.1) is 6.58 Å². The van der Waals surface area contributed by atoms with E-state index in [0.29, 0.717) is 5.69 Å². The van der Waals surface area contributed by atoms with Crippen LogP contribution in [0.15, 0.2) is 24.9 Å². The maximum absolute atomic E-state index is 12.3. The minimum absolute atomic E-state index is 0.0791. The Balaban J connectivity index is 2.00. The number of aromatic nitrogens is 2. The van der Waals surface area contributed by atoms with Gasteiger partial charge in [0.25, 0.3) is 5.91 Å². The molecule has 0 aromatic carbocycles. The molecule has 0 aliphatic carbocycles. The summed E-state index contributed by atoms with van der Waals surface area (Å²) in [6.07, 6.45) is 4.59. The molecule has 1 aliphatic heterocycles. The van der Waals surface area contributed by atoms with E-state index in [2.05, 4.69) is 16.6 Å². The number of carbonyl (C=O) groups excluding carboxylic acids is 1. The molecule has 1 amide bonds. The highest BCUT2D eigenvalue weighted by Gasteiger charge is 2.21. The van der Waals surface area contributed by atoms with Gasteiger partial charge in [-0.05, 0) is 12.5 Å². The Morgan fingerprint density at radius 3 is 2.94 bits per heavy atom. The van der Waals surface area contributed by atoms with Crippen molar-refractivity contribution in [1.82, 2.24) is 19.6 Å². The minimum Gasteiger partial charge on any atom is -0.336 e. The van der Waals surface area contributed by atoms with Crippen molar-refractivity contribution in [3.05, 3.63) is 30.6 Å². The molecule has 0 saturated carbocycles. The Bertz CT molecular complexity index is 426. The van der Waals surface area contributed by atoms with Gasteiger partial charge >= 0.3 is 0 Å². The van der Waals surface area contributed by atoms with Gasteiger partial charge < -0.3 is 4.90 Å². The Kier molecular flexibility index (Phi) is 4.15. The molecule has 0 N–H and O–H groups in total. The van der Waals surface area contributed by atoms with Gasteiger partial charge in [0.05, 0.1) is 0 Å². The van der Waals surface area contributed by atoms with Gasteiger partial charge in [-0.2, -0.15) is 5.10 Å². The topological polar surface area (TPSA) is 41.4 Å². The molecule has 18 heavy (non-hydrogen) atoms. The van der Waals surface area contributed by atoms with Crippen LogP contribution in [0.1, 0.15) is 16.9 Å². The van der Waals surface area contributed by atoms with Crippen molar-refractivity contribution in [3.8, 4) is 0 Å². The highest BCUT2D eigenvalue weighted by atomic mass is 16.2. The molecule has 98 valence electrons. The number of hydrogen-bond acceptors (Lipinski definition) is 3. The Morgan fingerprint density at radius 1 is 1.44 bits per heavy atom. The third-order valence-electron chi connectivity index (χ3n) is 3.30. The van der Waals surface area contributed by atoms with Crippen molar-refractivity contribution in [1.29, 1.82) is 0 Å². The van der Waals surface area contributed by atoms with Crippen LogP contribution in [0, 0.1) is 0 Å². The molecule has 1 saturated heterocycles. The second-order valence-corrected chi connectivity index (χ2v) is 4.58. The molecule has 1 aliphatic rings. The normalized spacial score (nSPS) is 17.5. The maximum atomic E-state index is 12.3. The lowest BCUT2D eigenvalue weighted by molar-refractivity contribution is 0.0751. The van der Waals surface area contributed by atoms with Crippen molar-refractivity contribution in [3.63, 3.8) is 0 Å². The average Bonchev–Trinajstić information content (AvgIpc) is 2.64. The van der Waals surface area contributed by atoms with E-state index in [1.807, 2.05) is 11.0 Å². The molecule has 0 spiro atoms. The lowest BCUT2D eigenvalue weighted by Crippen LogP contribution is -2.36. The van der Waals surface area contributed by atoms with E-state index < -0.39 is 0 Å². The molecular formula is C13H20N4O. The Hall–Kier alpha value is -1.62.